The third-order valence-corrected chi connectivity index (χ3v) is 3.13. The maximum absolute atomic E-state index is 5.68. The second-order valence-corrected chi connectivity index (χ2v) is 5.41. The molecule has 0 saturated carbocycles. The van der Waals surface area contributed by atoms with Crippen LogP contribution >= 0.6 is 28.1 Å². The lowest BCUT2D eigenvalue weighted by molar-refractivity contribution is 0.437. The summed E-state index contributed by atoms with van der Waals surface area (Å²) in [5, 5.41) is 0. The minimum Gasteiger partial charge on any atom is -0.424 e. The molecule has 0 unspecified atom stereocenters. The summed E-state index contributed by atoms with van der Waals surface area (Å²) in [5.41, 5.74) is 7.82. The van der Waals surface area contributed by atoms with E-state index in [1.807, 2.05) is 32.0 Å². The van der Waals surface area contributed by atoms with Gasteiger partial charge in [0.2, 0.25) is 0 Å². The number of hydrogen-bond donors (Lipinski definition) is 1. The predicted octanol–water partition coefficient (Wildman–Crippen LogP) is 3.28. The summed E-state index contributed by atoms with van der Waals surface area (Å²) in [6.45, 7) is 3.79. The van der Waals surface area contributed by atoms with Crippen molar-refractivity contribution < 1.29 is 4.74 Å². The van der Waals surface area contributed by atoms with Crippen LogP contribution in [0.1, 0.15) is 17.0 Å². The first-order chi connectivity index (χ1) is 8.95. The molecule has 6 heteroatoms. The van der Waals surface area contributed by atoms with Gasteiger partial charge in [-0.05, 0) is 43.7 Å². The molecule has 2 N–H and O–H groups in total. The summed E-state index contributed by atoms with van der Waals surface area (Å²) in [7, 11) is 0. The largest absolute Gasteiger partial charge is 0.424 e. The van der Waals surface area contributed by atoms with Crippen LogP contribution in [0.2, 0.25) is 0 Å². The monoisotopic (exact) mass is 337 g/mol. The van der Waals surface area contributed by atoms with Gasteiger partial charge in [-0.3, -0.25) is 0 Å². The van der Waals surface area contributed by atoms with Gasteiger partial charge in [0.15, 0.2) is 0 Å². The molecule has 19 heavy (non-hydrogen) atoms. The smallest absolute Gasteiger partial charge is 0.322 e. The Balaban J connectivity index is 2.35. The Morgan fingerprint density at radius 3 is 2.63 bits per heavy atom. The molecule has 0 saturated heterocycles. The minimum atomic E-state index is 0.225. The van der Waals surface area contributed by atoms with Crippen LogP contribution in [0.25, 0.3) is 0 Å². The molecular formula is C13H12BrN3OS. The number of rotatable bonds is 3. The normalized spacial score (nSPS) is 10.3. The highest BCUT2D eigenvalue weighted by Crippen LogP contribution is 2.25. The van der Waals surface area contributed by atoms with Gasteiger partial charge >= 0.3 is 6.01 Å². The van der Waals surface area contributed by atoms with E-state index >= 15 is 0 Å². The summed E-state index contributed by atoms with van der Waals surface area (Å²) in [6.07, 6.45) is 0. The number of aryl methyl sites for hydroxylation is 2. The van der Waals surface area contributed by atoms with Gasteiger partial charge in [-0.25, -0.2) is 4.98 Å². The summed E-state index contributed by atoms with van der Waals surface area (Å²) in [6, 6.07) is 7.68. The Morgan fingerprint density at radius 1 is 1.26 bits per heavy atom. The first kappa shape index (κ1) is 13.9. The maximum Gasteiger partial charge on any atom is 0.322 e. The average molecular weight is 338 g/mol. The molecule has 1 aromatic carbocycles. The van der Waals surface area contributed by atoms with Gasteiger partial charge in [0.1, 0.15) is 16.4 Å². The van der Waals surface area contributed by atoms with Crippen molar-refractivity contribution in [2.24, 2.45) is 5.73 Å². The van der Waals surface area contributed by atoms with Crippen molar-refractivity contribution in [1.82, 2.24) is 9.97 Å². The summed E-state index contributed by atoms with van der Waals surface area (Å²) >= 11 is 8.32. The molecule has 98 valence electrons. The molecule has 0 fully saturated rings. The van der Waals surface area contributed by atoms with Crippen LogP contribution in [0.4, 0.5) is 0 Å². The van der Waals surface area contributed by atoms with E-state index in [9.17, 15) is 0 Å². The van der Waals surface area contributed by atoms with Gasteiger partial charge in [-0.1, -0.05) is 28.1 Å². The zero-order chi connectivity index (χ0) is 14.0. The molecule has 0 spiro atoms. The molecule has 0 amide bonds. The number of thiocarbonyl (C=S) groups is 1. The van der Waals surface area contributed by atoms with E-state index in [2.05, 4.69) is 25.9 Å². The van der Waals surface area contributed by atoms with E-state index in [1.54, 1.807) is 6.07 Å². The minimum absolute atomic E-state index is 0.225. The van der Waals surface area contributed by atoms with Crippen LogP contribution in [0.3, 0.4) is 0 Å². The van der Waals surface area contributed by atoms with E-state index < -0.39 is 0 Å². The Kier molecular flexibility index (Phi) is 4.11. The molecule has 0 aliphatic rings. The SMILES string of the molecule is Cc1cc(C(N)=S)nc(Oc2ccc(Br)cc2C)n1. The fourth-order valence-corrected chi connectivity index (χ4v) is 2.12. The number of nitrogens with zero attached hydrogens (tertiary/aromatic N) is 2. The zero-order valence-electron chi connectivity index (χ0n) is 10.5. The van der Waals surface area contributed by atoms with Gasteiger partial charge in [-0.15, -0.1) is 0 Å². The van der Waals surface area contributed by atoms with Crippen molar-refractivity contribution in [2.75, 3.05) is 0 Å². The lowest BCUT2D eigenvalue weighted by Crippen LogP contribution is -2.13. The second kappa shape index (κ2) is 5.63. The van der Waals surface area contributed by atoms with Crippen LogP contribution in [0.5, 0.6) is 11.8 Å². The molecule has 1 aromatic heterocycles. The van der Waals surface area contributed by atoms with Crippen molar-refractivity contribution >= 4 is 33.1 Å². The molecule has 2 rings (SSSR count). The number of nitrogens with two attached hydrogens (primary N) is 1. The average Bonchev–Trinajstić information content (AvgIpc) is 2.32. The van der Waals surface area contributed by atoms with E-state index in [0.29, 0.717) is 11.4 Å². The highest BCUT2D eigenvalue weighted by atomic mass is 79.9. The van der Waals surface area contributed by atoms with Crippen molar-refractivity contribution in [3.05, 3.63) is 45.7 Å². The third kappa shape index (κ3) is 3.48. The lowest BCUT2D eigenvalue weighted by Gasteiger charge is -2.09. The Morgan fingerprint density at radius 2 is 2.00 bits per heavy atom. The summed E-state index contributed by atoms with van der Waals surface area (Å²) in [4.78, 5) is 8.62. The van der Waals surface area contributed by atoms with Gasteiger partial charge in [-0.2, -0.15) is 4.98 Å². The first-order valence-corrected chi connectivity index (χ1v) is 6.75. The van der Waals surface area contributed by atoms with E-state index in [1.165, 1.54) is 0 Å². The molecule has 0 bridgehead atoms. The number of aromatic nitrogens is 2. The topological polar surface area (TPSA) is 61.0 Å². The summed E-state index contributed by atoms with van der Waals surface area (Å²) in [5.74, 6) is 0.697. The number of hydrogen-bond acceptors (Lipinski definition) is 4. The highest BCUT2D eigenvalue weighted by molar-refractivity contribution is 9.10. The summed E-state index contributed by atoms with van der Waals surface area (Å²) < 4.78 is 6.67. The van der Waals surface area contributed by atoms with Crippen molar-refractivity contribution in [3.63, 3.8) is 0 Å². The van der Waals surface area contributed by atoms with Crippen LogP contribution in [0.15, 0.2) is 28.7 Å². The van der Waals surface area contributed by atoms with Gasteiger partial charge in [0, 0.05) is 10.2 Å². The van der Waals surface area contributed by atoms with Crippen molar-refractivity contribution in [1.29, 1.82) is 0 Å². The third-order valence-electron chi connectivity index (χ3n) is 2.42. The van der Waals surface area contributed by atoms with E-state index in [-0.39, 0.29) is 11.0 Å². The van der Waals surface area contributed by atoms with Crippen LogP contribution < -0.4 is 10.5 Å². The predicted molar refractivity (Wildman–Crippen MR) is 81.6 cm³/mol. The molecule has 4 nitrogen and oxygen atoms in total. The van der Waals surface area contributed by atoms with Crippen molar-refractivity contribution in [3.8, 4) is 11.8 Å². The van der Waals surface area contributed by atoms with Gasteiger partial charge < -0.3 is 10.5 Å². The second-order valence-electron chi connectivity index (χ2n) is 4.05. The van der Waals surface area contributed by atoms with Crippen LogP contribution in [-0.2, 0) is 0 Å². The van der Waals surface area contributed by atoms with E-state index in [0.717, 1.165) is 15.7 Å². The van der Waals surface area contributed by atoms with Crippen LogP contribution in [0, 0.1) is 13.8 Å². The lowest BCUT2D eigenvalue weighted by atomic mass is 10.2. The highest BCUT2D eigenvalue weighted by Gasteiger charge is 2.08. The van der Waals surface area contributed by atoms with E-state index in [4.69, 9.17) is 22.7 Å². The number of halogens is 1. The Hall–Kier alpha value is -1.53. The Labute approximate surface area is 125 Å². The fourth-order valence-electron chi connectivity index (χ4n) is 1.54. The molecule has 1 heterocycles. The standard InChI is InChI=1S/C13H12BrN3OS/c1-7-5-9(14)3-4-11(7)18-13-16-8(2)6-10(17-13)12(15)19/h3-6H,1-2H3,(H2,15,19). The first-order valence-electron chi connectivity index (χ1n) is 5.55. The molecule has 0 atom stereocenters. The zero-order valence-corrected chi connectivity index (χ0v) is 12.9. The number of benzene rings is 1. The molecule has 0 aliphatic heterocycles. The fraction of sp³-hybridized carbons (Fsp3) is 0.154. The van der Waals surface area contributed by atoms with Gasteiger partial charge in [0.25, 0.3) is 0 Å². The van der Waals surface area contributed by atoms with Crippen LogP contribution in [-0.4, -0.2) is 15.0 Å². The van der Waals surface area contributed by atoms with Gasteiger partial charge in [0.05, 0.1) is 0 Å². The maximum atomic E-state index is 5.68. The molecule has 0 radical (unpaired) electrons. The molecule has 2 aromatic rings. The number of ether oxygens (including phenoxy) is 1. The molecular weight excluding hydrogens is 326 g/mol. The Bertz CT molecular complexity index is 646. The van der Waals surface area contributed by atoms with Crippen molar-refractivity contribution in [2.45, 2.75) is 13.8 Å². The quantitative estimate of drug-likeness (QED) is 0.871. The molecule has 0 aliphatic carbocycles.